The lowest BCUT2D eigenvalue weighted by Crippen LogP contribution is -2.40. The zero-order valence-electron chi connectivity index (χ0n) is 12.4. The van der Waals surface area contributed by atoms with Crippen LogP contribution >= 0.6 is 11.3 Å². The van der Waals surface area contributed by atoms with Gasteiger partial charge >= 0.3 is 0 Å². The van der Waals surface area contributed by atoms with Crippen molar-refractivity contribution >= 4 is 16.5 Å². The Morgan fingerprint density at radius 3 is 2.76 bits per heavy atom. The van der Waals surface area contributed by atoms with Crippen molar-refractivity contribution in [2.75, 3.05) is 5.73 Å². The van der Waals surface area contributed by atoms with E-state index in [0.29, 0.717) is 11.0 Å². The highest BCUT2D eigenvalue weighted by atomic mass is 32.1. The van der Waals surface area contributed by atoms with Crippen LogP contribution in [-0.2, 0) is 12.1 Å². The first-order chi connectivity index (χ1) is 10.1. The highest BCUT2D eigenvalue weighted by molar-refractivity contribution is 7.15. The van der Waals surface area contributed by atoms with Gasteiger partial charge in [0.25, 0.3) is 0 Å². The molecule has 2 aromatic heterocycles. The first-order valence-electron chi connectivity index (χ1n) is 7.38. The van der Waals surface area contributed by atoms with Gasteiger partial charge in [0.2, 0.25) is 5.89 Å². The number of nitrogens with zero attached hydrogens (tertiary/aromatic N) is 3. The Hall–Kier alpha value is -1.47. The lowest BCUT2D eigenvalue weighted by atomic mass is 9.96. The van der Waals surface area contributed by atoms with Crippen molar-refractivity contribution in [3.05, 3.63) is 22.8 Å². The standard InChI is InChI=1S/C14H21N5OS/c1-9(2)11-18-12(19-20-11)14(5-3-4-6-14)17-8-10-7-16-13(15)21-10/h7,9,17H,3-6,8H2,1-2H3,(H2,15,16). The molecule has 1 saturated carbocycles. The van der Waals surface area contributed by atoms with Crippen LogP contribution in [-0.4, -0.2) is 15.1 Å². The number of thiazole rings is 1. The predicted octanol–water partition coefficient (Wildman–Crippen LogP) is 2.79. The summed E-state index contributed by atoms with van der Waals surface area (Å²) in [5.74, 6) is 1.76. The van der Waals surface area contributed by atoms with Crippen molar-refractivity contribution in [2.24, 2.45) is 0 Å². The van der Waals surface area contributed by atoms with Gasteiger partial charge in [-0.05, 0) is 12.8 Å². The number of nitrogen functional groups attached to an aromatic ring is 1. The predicted molar refractivity (Wildman–Crippen MR) is 81.9 cm³/mol. The molecule has 1 fully saturated rings. The molecule has 0 unspecified atom stereocenters. The van der Waals surface area contributed by atoms with Crippen LogP contribution in [0.15, 0.2) is 10.7 Å². The van der Waals surface area contributed by atoms with E-state index in [4.69, 9.17) is 10.3 Å². The summed E-state index contributed by atoms with van der Waals surface area (Å²) >= 11 is 1.52. The minimum atomic E-state index is -0.171. The maximum Gasteiger partial charge on any atom is 0.229 e. The van der Waals surface area contributed by atoms with E-state index >= 15 is 0 Å². The second kappa shape index (κ2) is 5.73. The first-order valence-corrected chi connectivity index (χ1v) is 8.20. The van der Waals surface area contributed by atoms with Crippen LogP contribution in [0.1, 0.15) is 62.0 Å². The smallest absolute Gasteiger partial charge is 0.229 e. The van der Waals surface area contributed by atoms with Crippen LogP contribution in [0, 0.1) is 0 Å². The van der Waals surface area contributed by atoms with Gasteiger partial charge in [-0.1, -0.05) is 31.8 Å². The van der Waals surface area contributed by atoms with Gasteiger partial charge in [0.1, 0.15) is 0 Å². The molecule has 2 aromatic rings. The molecule has 7 heteroatoms. The second-order valence-corrected chi connectivity index (χ2v) is 7.07. The molecule has 0 aromatic carbocycles. The first kappa shape index (κ1) is 14.5. The number of aromatic nitrogens is 3. The molecule has 0 aliphatic heterocycles. The van der Waals surface area contributed by atoms with E-state index in [1.165, 1.54) is 24.2 Å². The molecule has 6 nitrogen and oxygen atoms in total. The zero-order valence-corrected chi connectivity index (χ0v) is 13.2. The van der Waals surface area contributed by atoms with Crippen molar-refractivity contribution in [1.29, 1.82) is 0 Å². The van der Waals surface area contributed by atoms with Gasteiger partial charge in [-0.3, -0.25) is 5.32 Å². The third kappa shape index (κ3) is 2.94. The van der Waals surface area contributed by atoms with Gasteiger partial charge < -0.3 is 10.3 Å². The summed E-state index contributed by atoms with van der Waals surface area (Å²) in [6.45, 7) is 4.86. The lowest BCUT2D eigenvalue weighted by Gasteiger charge is -2.26. The fraction of sp³-hybridized carbons (Fsp3) is 0.643. The lowest BCUT2D eigenvalue weighted by molar-refractivity contribution is 0.295. The normalized spacial score (nSPS) is 17.7. The number of rotatable bonds is 5. The van der Waals surface area contributed by atoms with Gasteiger partial charge in [0.05, 0.1) is 5.54 Å². The van der Waals surface area contributed by atoms with Gasteiger partial charge in [-0.25, -0.2) is 4.98 Å². The minimum absolute atomic E-state index is 0.171. The van der Waals surface area contributed by atoms with Crippen LogP contribution in [0.25, 0.3) is 0 Å². The maximum absolute atomic E-state index is 5.68. The summed E-state index contributed by atoms with van der Waals surface area (Å²) in [4.78, 5) is 9.83. The quantitative estimate of drug-likeness (QED) is 0.883. The Kier molecular flexibility index (Phi) is 3.95. The topological polar surface area (TPSA) is 89.9 Å². The van der Waals surface area contributed by atoms with Crippen molar-refractivity contribution < 1.29 is 4.52 Å². The highest BCUT2D eigenvalue weighted by Crippen LogP contribution is 2.38. The fourth-order valence-electron chi connectivity index (χ4n) is 2.78. The van der Waals surface area contributed by atoms with Gasteiger partial charge in [0, 0.05) is 23.5 Å². The SMILES string of the molecule is CC(C)c1nc(C2(NCc3cnc(N)s3)CCCC2)no1. The number of nitrogens with one attached hydrogen (secondary N) is 1. The molecule has 114 valence electrons. The van der Waals surface area contributed by atoms with Gasteiger partial charge in [-0.2, -0.15) is 4.98 Å². The fourth-order valence-corrected chi connectivity index (χ4v) is 3.41. The van der Waals surface area contributed by atoms with Gasteiger partial charge in [0.15, 0.2) is 11.0 Å². The molecule has 0 spiro atoms. The summed E-state index contributed by atoms with van der Waals surface area (Å²) in [6.07, 6.45) is 6.27. The van der Waals surface area contributed by atoms with Crippen molar-refractivity contribution in [3.63, 3.8) is 0 Å². The molecule has 3 rings (SSSR count). The average molecular weight is 307 g/mol. The van der Waals surface area contributed by atoms with Crippen molar-refractivity contribution in [2.45, 2.75) is 57.5 Å². The van der Waals surface area contributed by atoms with E-state index in [9.17, 15) is 0 Å². The summed E-state index contributed by atoms with van der Waals surface area (Å²) in [6, 6.07) is 0. The Balaban J connectivity index is 1.78. The summed E-state index contributed by atoms with van der Waals surface area (Å²) < 4.78 is 5.39. The minimum Gasteiger partial charge on any atom is -0.375 e. The largest absolute Gasteiger partial charge is 0.375 e. The Bertz CT molecular complexity index is 600. The van der Waals surface area contributed by atoms with Crippen LogP contribution in [0.4, 0.5) is 5.13 Å². The second-order valence-electron chi connectivity index (χ2n) is 5.92. The van der Waals surface area contributed by atoms with Crippen LogP contribution in [0.5, 0.6) is 0 Å². The van der Waals surface area contributed by atoms with E-state index in [-0.39, 0.29) is 11.5 Å². The Morgan fingerprint density at radius 1 is 1.43 bits per heavy atom. The van der Waals surface area contributed by atoms with Gasteiger partial charge in [-0.15, -0.1) is 11.3 Å². The van der Waals surface area contributed by atoms with E-state index in [1.54, 1.807) is 0 Å². The number of anilines is 1. The average Bonchev–Trinajstić information content (AvgIpc) is 3.17. The molecule has 0 bridgehead atoms. The molecule has 0 radical (unpaired) electrons. The molecule has 0 atom stereocenters. The third-order valence-electron chi connectivity index (χ3n) is 3.99. The number of hydrogen-bond donors (Lipinski definition) is 2. The zero-order chi connectivity index (χ0) is 14.9. The van der Waals surface area contributed by atoms with Crippen molar-refractivity contribution in [3.8, 4) is 0 Å². The van der Waals surface area contributed by atoms with Crippen LogP contribution < -0.4 is 11.1 Å². The Labute approximate surface area is 128 Å². The molecule has 0 saturated heterocycles. The molecule has 21 heavy (non-hydrogen) atoms. The highest BCUT2D eigenvalue weighted by Gasteiger charge is 2.39. The molecule has 2 heterocycles. The van der Waals surface area contributed by atoms with E-state index in [1.807, 2.05) is 6.20 Å². The molecule has 3 N–H and O–H groups in total. The van der Waals surface area contributed by atoms with E-state index in [2.05, 4.69) is 34.3 Å². The number of nitrogens with two attached hydrogens (primary N) is 1. The maximum atomic E-state index is 5.68. The van der Waals surface area contributed by atoms with E-state index < -0.39 is 0 Å². The molecular formula is C14H21N5OS. The molecular weight excluding hydrogens is 286 g/mol. The molecule has 1 aliphatic carbocycles. The summed E-state index contributed by atoms with van der Waals surface area (Å²) in [5, 5.41) is 8.45. The van der Waals surface area contributed by atoms with Crippen LogP contribution in [0.3, 0.4) is 0 Å². The van der Waals surface area contributed by atoms with E-state index in [0.717, 1.165) is 30.1 Å². The summed E-state index contributed by atoms with van der Waals surface area (Å²) in [7, 11) is 0. The van der Waals surface area contributed by atoms with Crippen molar-refractivity contribution in [1.82, 2.24) is 20.4 Å². The number of hydrogen-bond acceptors (Lipinski definition) is 7. The van der Waals surface area contributed by atoms with Crippen LogP contribution in [0.2, 0.25) is 0 Å². The molecule has 0 amide bonds. The monoisotopic (exact) mass is 307 g/mol. The molecule has 1 aliphatic rings. The third-order valence-corrected chi connectivity index (χ3v) is 4.82. The summed E-state index contributed by atoms with van der Waals surface area (Å²) in [5.41, 5.74) is 5.51. The Morgan fingerprint density at radius 2 is 2.19 bits per heavy atom.